The Morgan fingerprint density at radius 3 is 2.70 bits per heavy atom. The van der Waals surface area contributed by atoms with Gasteiger partial charge in [-0.25, -0.2) is 4.68 Å². The fourth-order valence-corrected chi connectivity index (χ4v) is 3.00. The standard InChI is InChI=1S/C16H18N4/c1-16(2)7-14(18)13-10-19-20(15(13)8-16)12-5-3-11(9-17)4-6-12/h3-6,10,14H,7-8,18H2,1-2H3. The van der Waals surface area contributed by atoms with Crippen molar-refractivity contribution in [1.82, 2.24) is 9.78 Å². The van der Waals surface area contributed by atoms with Crippen molar-refractivity contribution >= 4 is 0 Å². The fourth-order valence-electron chi connectivity index (χ4n) is 3.00. The maximum Gasteiger partial charge on any atom is 0.0991 e. The summed E-state index contributed by atoms with van der Waals surface area (Å²) >= 11 is 0. The molecule has 0 spiro atoms. The van der Waals surface area contributed by atoms with Crippen LogP contribution in [0.5, 0.6) is 0 Å². The zero-order valence-corrected chi connectivity index (χ0v) is 11.8. The maximum atomic E-state index is 8.87. The second-order valence-corrected chi connectivity index (χ2v) is 6.27. The average Bonchev–Trinajstić information content (AvgIpc) is 2.81. The van der Waals surface area contributed by atoms with Crippen molar-refractivity contribution in [1.29, 1.82) is 5.26 Å². The molecule has 0 fully saturated rings. The highest BCUT2D eigenvalue weighted by atomic mass is 15.3. The van der Waals surface area contributed by atoms with E-state index in [1.165, 1.54) is 5.69 Å². The lowest BCUT2D eigenvalue weighted by Crippen LogP contribution is -2.30. The molecule has 0 bridgehead atoms. The predicted octanol–water partition coefficient (Wildman–Crippen LogP) is 2.72. The third kappa shape index (κ3) is 2.10. The Morgan fingerprint density at radius 2 is 2.05 bits per heavy atom. The summed E-state index contributed by atoms with van der Waals surface area (Å²) in [6, 6.07) is 9.68. The first-order valence-electron chi connectivity index (χ1n) is 6.83. The second-order valence-electron chi connectivity index (χ2n) is 6.27. The van der Waals surface area contributed by atoms with E-state index in [4.69, 9.17) is 11.0 Å². The number of nitriles is 1. The van der Waals surface area contributed by atoms with E-state index in [0.717, 1.165) is 24.1 Å². The maximum absolute atomic E-state index is 8.87. The third-order valence-electron chi connectivity index (χ3n) is 3.96. The smallest absolute Gasteiger partial charge is 0.0991 e. The highest BCUT2D eigenvalue weighted by Gasteiger charge is 2.33. The van der Waals surface area contributed by atoms with E-state index in [-0.39, 0.29) is 11.5 Å². The lowest BCUT2D eigenvalue weighted by molar-refractivity contribution is 0.278. The molecule has 4 nitrogen and oxygen atoms in total. The van der Waals surface area contributed by atoms with Gasteiger partial charge >= 0.3 is 0 Å². The van der Waals surface area contributed by atoms with Gasteiger partial charge in [0.25, 0.3) is 0 Å². The summed E-state index contributed by atoms with van der Waals surface area (Å²) in [5.41, 5.74) is 10.4. The molecule has 1 unspecified atom stereocenters. The molecule has 4 heteroatoms. The highest BCUT2D eigenvalue weighted by Crippen LogP contribution is 2.40. The Morgan fingerprint density at radius 1 is 1.35 bits per heavy atom. The summed E-state index contributed by atoms with van der Waals surface area (Å²) in [6.45, 7) is 4.48. The number of benzene rings is 1. The van der Waals surface area contributed by atoms with E-state index in [1.54, 1.807) is 0 Å². The number of rotatable bonds is 1. The summed E-state index contributed by atoms with van der Waals surface area (Å²) in [5, 5.41) is 13.4. The SMILES string of the molecule is CC1(C)Cc2c(cnn2-c2ccc(C#N)cc2)C(N)C1. The summed E-state index contributed by atoms with van der Waals surface area (Å²) in [5.74, 6) is 0. The number of aromatic nitrogens is 2. The minimum Gasteiger partial charge on any atom is -0.324 e. The van der Waals surface area contributed by atoms with Crippen LogP contribution in [0.4, 0.5) is 0 Å². The van der Waals surface area contributed by atoms with E-state index >= 15 is 0 Å². The van der Waals surface area contributed by atoms with E-state index in [9.17, 15) is 0 Å². The van der Waals surface area contributed by atoms with Crippen LogP contribution in [0.25, 0.3) is 5.69 Å². The zero-order chi connectivity index (χ0) is 14.3. The van der Waals surface area contributed by atoms with Gasteiger partial charge in [-0.15, -0.1) is 0 Å². The van der Waals surface area contributed by atoms with Crippen molar-refractivity contribution in [2.24, 2.45) is 11.1 Å². The number of nitrogens with zero attached hydrogens (tertiary/aromatic N) is 3. The van der Waals surface area contributed by atoms with Crippen LogP contribution in [0.3, 0.4) is 0 Å². The Balaban J connectivity index is 2.06. The fraction of sp³-hybridized carbons (Fsp3) is 0.375. The minimum absolute atomic E-state index is 0.0564. The highest BCUT2D eigenvalue weighted by molar-refractivity contribution is 5.42. The molecule has 0 saturated carbocycles. The number of nitrogens with two attached hydrogens (primary N) is 1. The molecule has 2 aromatic rings. The van der Waals surface area contributed by atoms with Crippen LogP contribution in [0.2, 0.25) is 0 Å². The van der Waals surface area contributed by atoms with E-state index in [2.05, 4.69) is 25.0 Å². The Kier molecular flexibility index (Phi) is 2.88. The molecule has 0 radical (unpaired) electrons. The molecule has 20 heavy (non-hydrogen) atoms. The van der Waals surface area contributed by atoms with Crippen LogP contribution >= 0.6 is 0 Å². The molecule has 1 aliphatic rings. The Labute approximate surface area is 118 Å². The topological polar surface area (TPSA) is 67.6 Å². The average molecular weight is 266 g/mol. The minimum atomic E-state index is 0.0564. The van der Waals surface area contributed by atoms with Crippen LogP contribution in [0, 0.1) is 16.7 Å². The normalized spacial score (nSPS) is 20.2. The van der Waals surface area contributed by atoms with Crippen molar-refractivity contribution in [3.05, 3.63) is 47.3 Å². The van der Waals surface area contributed by atoms with Gasteiger partial charge in [-0.3, -0.25) is 0 Å². The van der Waals surface area contributed by atoms with Crippen LogP contribution in [0.15, 0.2) is 30.5 Å². The molecule has 2 N–H and O–H groups in total. The van der Waals surface area contributed by atoms with Crippen molar-refractivity contribution in [2.75, 3.05) is 0 Å². The van der Waals surface area contributed by atoms with Crippen molar-refractivity contribution < 1.29 is 0 Å². The summed E-state index contributed by atoms with van der Waals surface area (Å²) in [7, 11) is 0. The molecule has 1 atom stereocenters. The molecule has 3 rings (SSSR count). The van der Waals surface area contributed by atoms with E-state index < -0.39 is 0 Å². The molecule has 0 saturated heterocycles. The first-order chi connectivity index (χ1) is 9.50. The lowest BCUT2D eigenvalue weighted by Gasteiger charge is -2.33. The largest absolute Gasteiger partial charge is 0.324 e. The Bertz CT molecular complexity index is 673. The third-order valence-corrected chi connectivity index (χ3v) is 3.96. The molecule has 0 aliphatic heterocycles. The van der Waals surface area contributed by atoms with Crippen LogP contribution in [-0.2, 0) is 6.42 Å². The summed E-state index contributed by atoms with van der Waals surface area (Å²) in [6.07, 6.45) is 3.84. The van der Waals surface area contributed by atoms with Crippen LogP contribution in [0.1, 0.15) is 43.1 Å². The van der Waals surface area contributed by atoms with E-state index in [1.807, 2.05) is 35.1 Å². The zero-order valence-electron chi connectivity index (χ0n) is 11.8. The van der Waals surface area contributed by atoms with Gasteiger partial charge in [-0.1, -0.05) is 13.8 Å². The first-order valence-corrected chi connectivity index (χ1v) is 6.83. The molecular weight excluding hydrogens is 248 g/mol. The van der Waals surface area contributed by atoms with Crippen LogP contribution in [-0.4, -0.2) is 9.78 Å². The van der Waals surface area contributed by atoms with Gasteiger partial charge in [-0.2, -0.15) is 10.4 Å². The monoisotopic (exact) mass is 266 g/mol. The van der Waals surface area contributed by atoms with Gasteiger partial charge in [0.2, 0.25) is 0 Å². The Hall–Kier alpha value is -2.12. The molecule has 1 heterocycles. The van der Waals surface area contributed by atoms with Gasteiger partial charge in [0.15, 0.2) is 0 Å². The first kappa shape index (κ1) is 12.9. The molecule has 1 aromatic heterocycles. The number of hydrogen-bond donors (Lipinski definition) is 1. The van der Waals surface area contributed by atoms with E-state index in [0.29, 0.717) is 5.56 Å². The van der Waals surface area contributed by atoms with Gasteiger partial charge in [0.1, 0.15) is 0 Å². The van der Waals surface area contributed by atoms with Crippen LogP contribution < -0.4 is 5.73 Å². The molecule has 1 aliphatic carbocycles. The van der Waals surface area contributed by atoms with Crippen molar-refractivity contribution in [2.45, 2.75) is 32.7 Å². The predicted molar refractivity (Wildman–Crippen MR) is 77.3 cm³/mol. The van der Waals surface area contributed by atoms with Gasteiger partial charge in [0.05, 0.1) is 23.5 Å². The summed E-state index contributed by atoms with van der Waals surface area (Å²) < 4.78 is 1.96. The summed E-state index contributed by atoms with van der Waals surface area (Å²) in [4.78, 5) is 0. The number of hydrogen-bond acceptors (Lipinski definition) is 3. The number of fused-ring (bicyclic) bond motifs is 1. The van der Waals surface area contributed by atoms with Gasteiger partial charge in [0, 0.05) is 17.3 Å². The van der Waals surface area contributed by atoms with Crippen molar-refractivity contribution in [3.8, 4) is 11.8 Å². The lowest BCUT2D eigenvalue weighted by atomic mass is 9.74. The second kappa shape index (κ2) is 4.46. The van der Waals surface area contributed by atoms with Gasteiger partial charge in [-0.05, 0) is 42.5 Å². The molecule has 0 amide bonds. The molecule has 102 valence electrons. The van der Waals surface area contributed by atoms with Crippen molar-refractivity contribution in [3.63, 3.8) is 0 Å². The quantitative estimate of drug-likeness (QED) is 0.863. The molecular formula is C16H18N4. The van der Waals surface area contributed by atoms with Gasteiger partial charge < -0.3 is 5.73 Å². The molecule has 1 aromatic carbocycles.